The lowest BCUT2D eigenvalue weighted by Crippen LogP contribution is -2.15. The topological polar surface area (TPSA) is 121 Å². The Bertz CT molecular complexity index is 671. The van der Waals surface area contributed by atoms with Crippen LogP contribution in [0.2, 0.25) is 0 Å². The minimum atomic E-state index is -1.23. The van der Waals surface area contributed by atoms with Crippen LogP contribution in [0.15, 0.2) is 41.7 Å². The van der Waals surface area contributed by atoms with E-state index in [1.807, 2.05) is 0 Å². The first-order chi connectivity index (χ1) is 9.00. The molecular weight excluding hydrogens is 256 g/mol. The molecule has 2 heterocycles. The number of aromatic nitrogens is 2. The van der Waals surface area contributed by atoms with Gasteiger partial charge in [-0.25, -0.2) is 0 Å². The van der Waals surface area contributed by atoms with Crippen LogP contribution in [0.25, 0.3) is 5.69 Å². The minimum Gasteiger partial charge on any atom is -0.309 e. The quantitative estimate of drug-likeness (QED) is 0.601. The van der Waals surface area contributed by atoms with Crippen molar-refractivity contribution in [1.82, 2.24) is 9.55 Å². The summed E-state index contributed by atoms with van der Waals surface area (Å²) in [5.41, 5.74) is -2.58. The SMILES string of the molecule is O=c1c([N+](=O)[O-])cn(-c2cccnc2)cc1[N+](=O)[O-]. The minimum absolute atomic E-state index is 0.369. The predicted molar refractivity (Wildman–Crippen MR) is 63.1 cm³/mol. The monoisotopic (exact) mass is 262 g/mol. The van der Waals surface area contributed by atoms with E-state index < -0.39 is 26.7 Å². The van der Waals surface area contributed by atoms with Gasteiger partial charge in [-0.15, -0.1) is 0 Å². The average Bonchev–Trinajstić information content (AvgIpc) is 2.39. The van der Waals surface area contributed by atoms with Crippen molar-refractivity contribution in [2.45, 2.75) is 0 Å². The number of nitrogens with zero attached hydrogens (tertiary/aromatic N) is 4. The summed E-state index contributed by atoms with van der Waals surface area (Å²) in [7, 11) is 0. The second-order valence-corrected chi connectivity index (χ2v) is 3.49. The highest BCUT2D eigenvalue weighted by molar-refractivity contribution is 5.43. The summed E-state index contributed by atoms with van der Waals surface area (Å²) >= 11 is 0. The van der Waals surface area contributed by atoms with Gasteiger partial charge in [0.2, 0.25) is 0 Å². The van der Waals surface area contributed by atoms with Gasteiger partial charge in [0.1, 0.15) is 0 Å². The molecule has 0 bridgehead atoms. The third-order valence-electron chi connectivity index (χ3n) is 2.33. The molecule has 0 aliphatic carbocycles. The third kappa shape index (κ3) is 2.29. The first-order valence-corrected chi connectivity index (χ1v) is 4.96. The number of hydrogen-bond donors (Lipinski definition) is 0. The van der Waals surface area contributed by atoms with Gasteiger partial charge < -0.3 is 4.57 Å². The first kappa shape index (κ1) is 12.4. The van der Waals surface area contributed by atoms with Crippen LogP contribution in [0.3, 0.4) is 0 Å². The van der Waals surface area contributed by atoms with Crippen molar-refractivity contribution in [3.8, 4) is 5.69 Å². The number of pyridine rings is 2. The summed E-state index contributed by atoms with van der Waals surface area (Å²) < 4.78 is 1.12. The van der Waals surface area contributed by atoms with E-state index in [4.69, 9.17) is 0 Å². The molecule has 0 saturated heterocycles. The molecule has 0 aromatic carbocycles. The van der Waals surface area contributed by atoms with Gasteiger partial charge in [-0.1, -0.05) is 0 Å². The fraction of sp³-hybridized carbons (Fsp3) is 0. The van der Waals surface area contributed by atoms with Crippen molar-refractivity contribution in [2.75, 3.05) is 0 Å². The molecule has 9 nitrogen and oxygen atoms in total. The Labute approximate surface area is 105 Å². The zero-order valence-corrected chi connectivity index (χ0v) is 9.29. The first-order valence-electron chi connectivity index (χ1n) is 4.96. The smallest absolute Gasteiger partial charge is 0.309 e. The number of rotatable bonds is 3. The van der Waals surface area contributed by atoms with Crippen LogP contribution >= 0.6 is 0 Å². The van der Waals surface area contributed by atoms with Crippen LogP contribution in [0.4, 0.5) is 11.4 Å². The Morgan fingerprint density at radius 3 is 2.11 bits per heavy atom. The lowest BCUT2D eigenvalue weighted by molar-refractivity contribution is -0.397. The Morgan fingerprint density at radius 1 is 1.11 bits per heavy atom. The van der Waals surface area contributed by atoms with Crippen LogP contribution in [0.1, 0.15) is 0 Å². The predicted octanol–water partition coefficient (Wildman–Crippen LogP) is 1.05. The summed E-state index contributed by atoms with van der Waals surface area (Å²) in [6.07, 6.45) is 4.69. The molecule has 0 radical (unpaired) electrons. The van der Waals surface area contributed by atoms with Crippen molar-refractivity contribution in [3.05, 3.63) is 67.4 Å². The molecule has 0 atom stereocenters. The summed E-state index contributed by atoms with van der Waals surface area (Å²) in [6.45, 7) is 0. The van der Waals surface area contributed by atoms with Gasteiger partial charge in [-0.05, 0) is 12.1 Å². The Hall–Kier alpha value is -3.10. The third-order valence-corrected chi connectivity index (χ3v) is 2.33. The molecule has 0 N–H and O–H groups in total. The van der Waals surface area contributed by atoms with E-state index in [0.717, 1.165) is 17.0 Å². The lowest BCUT2D eigenvalue weighted by Gasteiger charge is -2.04. The maximum atomic E-state index is 11.5. The maximum absolute atomic E-state index is 11.5. The van der Waals surface area contributed by atoms with Crippen molar-refractivity contribution in [2.24, 2.45) is 0 Å². The molecule has 2 rings (SSSR count). The fourth-order valence-electron chi connectivity index (χ4n) is 1.46. The molecule has 0 fully saturated rings. The molecule has 2 aromatic rings. The highest BCUT2D eigenvalue weighted by atomic mass is 16.6. The molecule has 19 heavy (non-hydrogen) atoms. The highest BCUT2D eigenvalue weighted by Gasteiger charge is 2.24. The summed E-state index contributed by atoms with van der Waals surface area (Å²) in [5, 5.41) is 21.5. The van der Waals surface area contributed by atoms with Crippen LogP contribution in [0, 0.1) is 20.2 Å². The summed E-state index contributed by atoms with van der Waals surface area (Å²) in [6, 6.07) is 3.11. The van der Waals surface area contributed by atoms with Gasteiger partial charge in [-0.3, -0.25) is 30.0 Å². The number of hydrogen-bond acceptors (Lipinski definition) is 6. The molecule has 0 spiro atoms. The normalized spacial score (nSPS) is 10.1. The molecule has 2 aromatic heterocycles. The number of nitro groups is 2. The van der Waals surface area contributed by atoms with Crippen molar-refractivity contribution in [3.63, 3.8) is 0 Å². The zero-order valence-electron chi connectivity index (χ0n) is 9.29. The summed E-state index contributed by atoms with van der Waals surface area (Å²) in [4.78, 5) is 34.9. The molecule has 96 valence electrons. The average molecular weight is 262 g/mol. The van der Waals surface area contributed by atoms with Crippen molar-refractivity contribution >= 4 is 11.4 Å². The second-order valence-electron chi connectivity index (χ2n) is 3.49. The van der Waals surface area contributed by atoms with Gasteiger partial charge in [0.05, 0.1) is 34.1 Å². The molecular formula is C10H6N4O5. The van der Waals surface area contributed by atoms with Crippen LogP contribution in [-0.2, 0) is 0 Å². The summed E-state index contributed by atoms with van der Waals surface area (Å²) in [5.74, 6) is 0. The Morgan fingerprint density at radius 2 is 1.68 bits per heavy atom. The molecule has 0 amide bonds. The Balaban J connectivity index is 2.74. The van der Waals surface area contributed by atoms with Crippen LogP contribution < -0.4 is 5.43 Å². The van der Waals surface area contributed by atoms with E-state index in [-0.39, 0.29) is 0 Å². The highest BCUT2D eigenvalue weighted by Crippen LogP contribution is 2.15. The van der Waals surface area contributed by atoms with Crippen molar-refractivity contribution < 1.29 is 9.85 Å². The molecule has 0 saturated carbocycles. The molecule has 9 heteroatoms. The standard InChI is InChI=1S/C10H6N4O5/c15-10-8(13(16)17)5-12(6-9(10)14(18)19)7-2-1-3-11-4-7/h1-6H. The maximum Gasteiger partial charge on any atom is 0.340 e. The second kappa shape index (κ2) is 4.64. The van der Waals surface area contributed by atoms with E-state index in [9.17, 15) is 25.0 Å². The van der Waals surface area contributed by atoms with Gasteiger partial charge >= 0.3 is 16.8 Å². The van der Waals surface area contributed by atoms with Crippen molar-refractivity contribution in [1.29, 1.82) is 0 Å². The molecule has 0 aliphatic heterocycles. The van der Waals surface area contributed by atoms with Gasteiger partial charge in [0.15, 0.2) is 0 Å². The molecule has 0 unspecified atom stereocenters. The largest absolute Gasteiger partial charge is 0.340 e. The zero-order chi connectivity index (χ0) is 14.0. The van der Waals surface area contributed by atoms with Gasteiger partial charge in [0.25, 0.3) is 0 Å². The van der Waals surface area contributed by atoms with Crippen LogP contribution in [0.5, 0.6) is 0 Å². The van der Waals surface area contributed by atoms with E-state index in [1.54, 1.807) is 12.1 Å². The van der Waals surface area contributed by atoms with E-state index in [0.29, 0.717) is 5.69 Å². The van der Waals surface area contributed by atoms with E-state index in [2.05, 4.69) is 4.98 Å². The molecule has 0 aliphatic rings. The Kier molecular flexibility index (Phi) is 3.02. The van der Waals surface area contributed by atoms with Gasteiger partial charge in [-0.2, -0.15) is 0 Å². The van der Waals surface area contributed by atoms with Gasteiger partial charge in [0, 0.05) is 6.20 Å². The lowest BCUT2D eigenvalue weighted by atomic mass is 10.3. The van der Waals surface area contributed by atoms with Crippen LogP contribution in [-0.4, -0.2) is 19.4 Å². The fourth-order valence-corrected chi connectivity index (χ4v) is 1.46. The van der Waals surface area contributed by atoms with E-state index >= 15 is 0 Å². The van der Waals surface area contributed by atoms with E-state index in [1.165, 1.54) is 12.4 Å².